The number of hydrogen-bond acceptors (Lipinski definition) is 3. The molecule has 156 valence electrons. The molecule has 1 saturated carbocycles. The molecule has 3 atom stereocenters. The lowest BCUT2D eigenvalue weighted by Gasteiger charge is -2.26. The largest absolute Gasteiger partial charge is 0.496 e. The molecule has 0 amide bonds. The fourth-order valence-corrected chi connectivity index (χ4v) is 5.35. The number of nitrogens with two attached hydrogens (primary N) is 1. The van der Waals surface area contributed by atoms with Gasteiger partial charge in [0.25, 0.3) is 0 Å². The Morgan fingerprint density at radius 2 is 2.00 bits per heavy atom. The first-order chi connectivity index (χ1) is 14.0. The number of fused-ring (bicyclic) bond motifs is 1. The lowest BCUT2D eigenvalue weighted by molar-refractivity contribution is 0.198. The van der Waals surface area contributed by atoms with Crippen molar-refractivity contribution in [3.05, 3.63) is 64.2 Å². The molecule has 1 fully saturated rings. The van der Waals surface area contributed by atoms with Crippen LogP contribution in [0.1, 0.15) is 65.8 Å². The Kier molecular flexibility index (Phi) is 5.98. The van der Waals surface area contributed by atoms with Gasteiger partial charge >= 0.3 is 0 Å². The molecule has 0 radical (unpaired) electrons. The van der Waals surface area contributed by atoms with Crippen molar-refractivity contribution in [2.45, 2.75) is 69.7 Å². The van der Waals surface area contributed by atoms with Gasteiger partial charge in [-0.3, -0.25) is 0 Å². The summed E-state index contributed by atoms with van der Waals surface area (Å²) >= 11 is 0. The molecular weight excluding hydrogens is 358 g/mol. The van der Waals surface area contributed by atoms with Gasteiger partial charge in [-0.25, -0.2) is 0 Å². The van der Waals surface area contributed by atoms with E-state index in [0.717, 1.165) is 37.4 Å². The van der Waals surface area contributed by atoms with Crippen LogP contribution in [0.15, 0.2) is 36.4 Å². The highest BCUT2D eigenvalue weighted by molar-refractivity contribution is 5.38. The first-order valence-electron chi connectivity index (χ1n) is 11.1. The molecule has 4 rings (SSSR count). The van der Waals surface area contributed by atoms with Crippen molar-refractivity contribution in [2.75, 3.05) is 13.7 Å². The van der Waals surface area contributed by atoms with Crippen molar-refractivity contribution in [2.24, 2.45) is 11.7 Å². The third-order valence-electron chi connectivity index (χ3n) is 7.26. The lowest BCUT2D eigenvalue weighted by atomic mass is 9.79. The molecule has 0 heterocycles. The standard InChI is InChI=1S/C26H35NO2/c1-18-3-6-20(25(13-18)29-2)7-4-19-5-8-22-15-23(10-9-21(22)14-19)24-11-12-26(27,16-24)17-28/h3,6,9-10,13,15,19,24,28H,4-5,7-8,11-12,14,16-17,27H2,1-2H3/t19-,24+,26-/m1/s1. The minimum Gasteiger partial charge on any atom is -0.496 e. The van der Waals surface area contributed by atoms with Crippen LogP contribution in [-0.4, -0.2) is 24.4 Å². The Bertz CT molecular complexity index is 862. The second-order valence-electron chi connectivity index (χ2n) is 9.45. The van der Waals surface area contributed by atoms with Crippen LogP contribution in [0.4, 0.5) is 0 Å². The van der Waals surface area contributed by atoms with Gasteiger partial charge in [0, 0.05) is 5.54 Å². The average Bonchev–Trinajstić information content (AvgIpc) is 3.15. The van der Waals surface area contributed by atoms with Crippen molar-refractivity contribution in [1.29, 1.82) is 0 Å². The summed E-state index contributed by atoms with van der Waals surface area (Å²) in [5, 5.41) is 9.56. The molecule has 0 spiro atoms. The van der Waals surface area contributed by atoms with Crippen LogP contribution >= 0.6 is 0 Å². The zero-order chi connectivity index (χ0) is 20.4. The van der Waals surface area contributed by atoms with E-state index in [-0.39, 0.29) is 12.1 Å². The maximum Gasteiger partial charge on any atom is 0.122 e. The van der Waals surface area contributed by atoms with E-state index in [1.54, 1.807) is 7.11 Å². The summed E-state index contributed by atoms with van der Waals surface area (Å²) in [4.78, 5) is 0. The van der Waals surface area contributed by atoms with Crippen molar-refractivity contribution >= 4 is 0 Å². The van der Waals surface area contributed by atoms with E-state index in [1.165, 1.54) is 53.5 Å². The molecule has 0 aromatic heterocycles. The summed E-state index contributed by atoms with van der Waals surface area (Å²) in [6, 6.07) is 13.7. The van der Waals surface area contributed by atoms with Crippen LogP contribution in [0.25, 0.3) is 0 Å². The first-order valence-corrected chi connectivity index (χ1v) is 11.1. The summed E-state index contributed by atoms with van der Waals surface area (Å²) in [5.74, 6) is 2.28. The molecule has 2 aliphatic carbocycles. The molecule has 0 bridgehead atoms. The topological polar surface area (TPSA) is 55.5 Å². The predicted molar refractivity (Wildman–Crippen MR) is 119 cm³/mol. The molecule has 2 aliphatic rings. The molecule has 0 saturated heterocycles. The number of aliphatic hydroxyl groups excluding tert-OH is 1. The Balaban J connectivity index is 1.38. The highest BCUT2D eigenvalue weighted by Gasteiger charge is 2.36. The van der Waals surface area contributed by atoms with Gasteiger partial charge in [-0.1, -0.05) is 30.3 Å². The highest BCUT2D eigenvalue weighted by Crippen LogP contribution is 2.41. The van der Waals surface area contributed by atoms with Crippen molar-refractivity contribution in [1.82, 2.24) is 0 Å². The van der Waals surface area contributed by atoms with E-state index in [1.807, 2.05) is 0 Å². The fourth-order valence-electron chi connectivity index (χ4n) is 5.35. The smallest absolute Gasteiger partial charge is 0.122 e. The second kappa shape index (κ2) is 8.49. The van der Waals surface area contributed by atoms with Crippen LogP contribution < -0.4 is 10.5 Å². The summed E-state index contributed by atoms with van der Waals surface area (Å²) in [6.07, 6.45) is 8.87. The second-order valence-corrected chi connectivity index (χ2v) is 9.45. The van der Waals surface area contributed by atoms with Crippen molar-refractivity contribution in [3.8, 4) is 5.75 Å². The number of methoxy groups -OCH3 is 1. The maximum atomic E-state index is 9.56. The van der Waals surface area contributed by atoms with E-state index in [2.05, 4.69) is 43.3 Å². The lowest BCUT2D eigenvalue weighted by Crippen LogP contribution is -2.40. The van der Waals surface area contributed by atoms with E-state index in [4.69, 9.17) is 10.5 Å². The highest BCUT2D eigenvalue weighted by atomic mass is 16.5. The SMILES string of the molecule is COc1cc(C)ccc1CC[C@@H]1CCc2cc([C@H]3CC[C@](N)(CO)C3)ccc2C1. The van der Waals surface area contributed by atoms with Gasteiger partial charge in [0.15, 0.2) is 0 Å². The number of benzene rings is 2. The van der Waals surface area contributed by atoms with Crippen LogP contribution in [0.3, 0.4) is 0 Å². The summed E-state index contributed by atoms with van der Waals surface area (Å²) in [5.41, 5.74) is 13.0. The zero-order valence-corrected chi connectivity index (χ0v) is 17.9. The van der Waals surface area contributed by atoms with Gasteiger partial charge in [-0.15, -0.1) is 0 Å². The van der Waals surface area contributed by atoms with Gasteiger partial charge in [-0.2, -0.15) is 0 Å². The molecule has 0 unspecified atom stereocenters. The van der Waals surface area contributed by atoms with E-state index >= 15 is 0 Å². The molecule has 3 heteroatoms. The third-order valence-corrected chi connectivity index (χ3v) is 7.26. The third kappa shape index (κ3) is 4.51. The van der Waals surface area contributed by atoms with Crippen LogP contribution in [-0.2, 0) is 19.3 Å². The van der Waals surface area contributed by atoms with Gasteiger partial charge in [0.05, 0.1) is 13.7 Å². The minimum absolute atomic E-state index is 0.0991. The first kappa shape index (κ1) is 20.4. The van der Waals surface area contributed by atoms with Crippen LogP contribution in [0, 0.1) is 12.8 Å². The molecular formula is C26H35NO2. The molecule has 3 nitrogen and oxygen atoms in total. The average molecular weight is 394 g/mol. The summed E-state index contributed by atoms with van der Waals surface area (Å²) < 4.78 is 5.58. The van der Waals surface area contributed by atoms with E-state index < -0.39 is 0 Å². The molecule has 2 aromatic carbocycles. The molecule has 3 N–H and O–H groups in total. The quantitative estimate of drug-likeness (QED) is 0.748. The maximum absolute atomic E-state index is 9.56. The van der Waals surface area contributed by atoms with Crippen LogP contribution in [0.5, 0.6) is 5.75 Å². The molecule has 2 aromatic rings. The van der Waals surface area contributed by atoms with E-state index in [9.17, 15) is 5.11 Å². The van der Waals surface area contributed by atoms with Crippen molar-refractivity contribution < 1.29 is 9.84 Å². The Hall–Kier alpha value is -1.84. The Morgan fingerprint density at radius 3 is 2.76 bits per heavy atom. The predicted octanol–water partition coefficient (Wildman–Crippen LogP) is 4.70. The van der Waals surface area contributed by atoms with Gasteiger partial charge in [0.2, 0.25) is 0 Å². The number of hydrogen-bond donors (Lipinski definition) is 2. The van der Waals surface area contributed by atoms with Gasteiger partial charge in [0.1, 0.15) is 5.75 Å². The summed E-state index contributed by atoms with van der Waals surface area (Å²) in [7, 11) is 1.77. The monoisotopic (exact) mass is 393 g/mol. The Labute approximate surface area is 175 Å². The van der Waals surface area contributed by atoms with E-state index in [0.29, 0.717) is 5.92 Å². The van der Waals surface area contributed by atoms with Gasteiger partial charge < -0.3 is 15.6 Å². The normalized spacial score (nSPS) is 26.3. The Morgan fingerprint density at radius 1 is 1.14 bits per heavy atom. The minimum atomic E-state index is -0.372. The summed E-state index contributed by atoms with van der Waals surface area (Å²) in [6.45, 7) is 2.21. The number of aliphatic hydroxyl groups is 1. The zero-order valence-electron chi connectivity index (χ0n) is 17.9. The number of aryl methyl sites for hydroxylation is 3. The molecule has 0 aliphatic heterocycles. The van der Waals surface area contributed by atoms with Crippen molar-refractivity contribution in [3.63, 3.8) is 0 Å². The molecule has 29 heavy (non-hydrogen) atoms. The fraction of sp³-hybridized carbons (Fsp3) is 0.538. The van der Waals surface area contributed by atoms with Gasteiger partial charge in [-0.05, 0) is 104 Å². The van der Waals surface area contributed by atoms with Crippen LogP contribution in [0.2, 0.25) is 0 Å². The number of ether oxygens (including phenoxy) is 1. The number of rotatable bonds is 6.